The summed E-state index contributed by atoms with van der Waals surface area (Å²) in [7, 11) is 0. The van der Waals surface area contributed by atoms with Gasteiger partial charge < -0.3 is 20.3 Å². The Hall–Kier alpha value is -1.92. The molecule has 53 heavy (non-hydrogen) atoms. The largest absolute Gasteiger partial charge is 0.466 e. The number of aliphatic hydroxyl groups excluding tert-OH is 2. The molecule has 6 nitrogen and oxygen atoms in total. The van der Waals surface area contributed by atoms with Gasteiger partial charge in [-0.05, 0) is 77.0 Å². The molecule has 1 amide bonds. The van der Waals surface area contributed by atoms with Gasteiger partial charge in [-0.3, -0.25) is 9.59 Å². The van der Waals surface area contributed by atoms with Gasteiger partial charge in [-0.1, -0.05) is 172 Å². The molecular weight excluding hydrogens is 659 g/mol. The van der Waals surface area contributed by atoms with Gasteiger partial charge in [0.1, 0.15) is 0 Å². The van der Waals surface area contributed by atoms with Crippen LogP contribution >= 0.6 is 0 Å². The summed E-state index contributed by atoms with van der Waals surface area (Å²) in [4.78, 5) is 24.3. The molecule has 0 aromatic heterocycles. The molecule has 0 saturated heterocycles. The molecule has 2 atom stereocenters. The number of carbonyl (C=O) groups is 2. The van der Waals surface area contributed by atoms with Crippen molar-refractivity contribution in [2.45, 2.75) is 238 Å². The van der Waals surface area contributed by atoms with Crippen LogP contribution in [0, 0.1) is 0 Å². The number of aliphatic hydroxyl groups is 2. The summed E-state index contributed by atoms with van der Waals surface area (Å²) < 4.78 is 5.43. The first-order valence-corrected chi connectivity index (χ1v) is 22.7. The van der Waals surface area contributed by atoms with E-state index in [0.717, 1.165) is 83.5 Å². The third kappa shape index (κ3) is 39.6. The number of nitrogens with one attached hydrogen (secondary N) is 1. The highest BCUT2D eigenvalue weighted by molar-refractivity contribution is 5.76. The molecule has 2 unspecified atom stereocenters. The summed E-state index contributed by atoms with van der Waals surface area (Å²) in [5.74, 6) is -0.0985. The maximum Gasteiger partial charge on any atom is 0.305 e. The molecule has 310 valence electrons. The highest BCUT2D eigenvalue weighted by Crippen LogP contribution is 2.14. The van der Waals surface area contributed by atoms with Crippen LogP contribution in [-0.4, -0.2) is 47.4 Å². The second kappa shape index (κ2) is 42.8. The number of hydrogen-bond acceptors (Lipinski definition) is 5. The van der Waals surface area contributed by atoms with Crippen LogP contribution in [0.25, 0.3) is 0 Å². The molecule has 0 fully saturated rings. The number of carbonyl (C=O) groups excluding carboxylic acids is 2. The molecule has 0 rings (SSSR count). The summed E-state index contributed by atoms with van der Waals surface area (Å²) >= 11 is 0. The monoisotopic (exact) mass is 746 g/mol. The van der Waals surface area contributed by atoms with Gasteiger partial charge in [0.25, 0.3) is 0 Å². The Kier molecular flexibility index (Phi) is 41.3. The second-order valence-corrected chi connectivity index (χ2v) is 15.4. The first-order valence-electron chi connectivity index (χ1n) is 22.7. The standard InChI is InChI=1S/C47H87NO5/c1-3-5-7-9-11-13-15-17-21-25-29-33-37-41-47(52)53-42-38-34-30-26-22-19-16-18-20-24-28-32-36-40-46(51)48-44(43-49)45(50)39-35-31-27-23-14-12-10-8-6-4-2/h7,9,13,15,18,20,44-45,49-50H,3-6,8,10-12,14,16-17,19,21-43H2,1-2H3,(H,48,51)/b9-7-,15-13-,20-18-. The molecule has 0 aromatic rings. The van der Waals surface area contributed by atoms with Crippen molar-refractivity contribution in [3.05, 3.63) is 36.5 Å². The smallest absolute Gasteiger partial charge is 0.305 e. The minimum absolute atomic E-state index is 0.0292. The molecular formula is C47H87NO5. The fraction of sp³-hybridized carbons (Fsp3) is 0.830. The summed E-state index contributed by atoms with van der Waals surface area (Å²) in [6.07, 6.45) is 49.6. The lowest BCUT2D eigenvalue weighted by Crippen LogP contribution is -2.45. The van der Waals surface area contributed by atoms with Crippen LogP contribution in [-0.2, 0) is 14.3 Å². The average Bonchev–Trinajstić information content (AvgIpc) is 3.16. The van der Waals surface area contributed by atoms with Crippen LogP contribution in [0.15, 0.2) is 36.5 Å². The average molecular weight is 746 g/mol. The molecule has 0 aliphatic carbocycles. The van der Waals surface area contributed by atoms with Crippen LogP contribution in [0.1, 0.15) is 226 Å². The predicted octanol–water partition coefficient (Wildman–Crippen LogP) is 12.9. The zero-order valence-electron chi connectivity index (χ0n) is 35.0. The first-order chi connectivity index (χ1) is 26.0. The van der Waals surface area contributed by atoms with Crippen molar-refractivity contribution in [1.29, 1.82) is 0 Å². The maximum absolute atomic E-state index is 12.4. The number of esters is 1. The Bertz CT molecular complexity index is 869. The third-order valence-corrected chi connectivity index (χ3v) is 10.1. The Morgan fingerprint density at radius 1 is 0.528 bits per heavy atom. The van der Waals surface area contributed by atoms with Gasteiger partial charge in [0.15, 0.2) is 0 Å². The Balaban J connectivity index is 3.52. The van der Waals surface area contributed by atoms with E-state index in [1.165, 1.54) is 109 Å². The van der Waals surface area contributed by atoms with Gasteiger partial charge in [0.05, 0.1) is 25.4 Å². The molecule has 0 spiro atoms. The fourth-order valence-electron chi connectivity index (χ4n) is 6.61. The molecule has 0 radical (unpaired) electrons. The highest BCUT2D eigenvalue weighted by Gasteiger charge is 2.20. The van der Waals surface area contributed by atoms with Crippen molar-refractivity contribution >= 4 is 11.9 Å². The van der Waals surface area contributed by atoms with Crippen molar-refractivity contribution in [1.82, 2.24) is 5.32 Å². The molecule has 0 aromatic carbocycles. The van der Waals surface area contributed by atoms with Crippen molar-refractivity contribution in [3.8, 4) is 0 Å². The van der Waals surface area contributed by atoms with Crippen molar-refractivity contribution in [2.24, 2.45) is 0 Å². The van der Waals surface area contributed by atoms with Crippen LogP contribution in [0.2, 0.25) is 0 Å². The predicted molar refractivity (Wildman–Crippen MR) is 227 cm³/mol. The first kappa shape index (κ1) is 51.1. The third-order valence-electron chi connectivity index (χ3n) is 10.1. The second-order valence-electron chi connectivity index (χ2n) is 15.4. The van der Waals surface area contributed by atoms with Crippen molar-refractivity contribution in [2.75, 3.05) is 13.2 Å². The van der Waals surface area contributed by atoms with E-state index >= 15 is 0 Å². The van der Waals surface area contributed by atoms with Gasteiger partial charge in [0.2, 0.25) is 5.91 Å². The van der Waals surface area contributed by atoms with E-state index in [2.05, 4.69) is 55.6 Å². The lowest BCUT2D eigenvalue weighted by molar-refractivity contribution is -0.143. The lowest BCUT2D eigenvalue weighted by Gasteiger charge is -2.22. The van der Waals surface area contributed by atoms with Crippen LogP contribution < -0.4 is 5.32 Å². The minimum Gasteiger partial charge on any atom is -0.466 e. The Morgan fingerprint density at radius 3 is 1.55 bits per heavy atom. The topological polar surface area (TPSA) is 95.9 Å². The zero-order valence-corrected chi connectivity index (χ0v) is 35.0. The Morgan fingerprint density at radius 2 is 0.981 bits per heavy atom. The highest BCUT2D eigenvalue weighted by atomic mass is 16.5. The summed E-state index contributed by atoms with van der Waals surface area (Å²) in [6, 6.07) is -0.560. The van der Waals surface area contributed by atoms with Gasteiger partial charge >= 0.3 is 5.97 Å². The molecule has 0 aliphatic rings. The SMILES string of the molecule is CCC/C=C\C/C=C\CCCCCCCC(=O)OCCCCCCCC/C=C\CCCCCC(=O)NC(CO)C(O)CCCCCCCCCCCC. The quantitative estimate of drug-likeness (QED) is 0.0329. The molecule has 3 N–H and O–H groups in total. The normalized spacial score (nSPS) is 13.1. The number of rotatable bonds is 41. The number of amides is 1. The molecule has 6 heteroatoms. The number of allylic oxidation sites excluding steroid dienone is 6. The molecule has 0 heterocycles. The van der Waals surface area contributed by atoms with E-state index in [9.17, 15) is 19.8 Å². The summed E-state index contributed by atoms with van der Waals surface area (Å²) in [5.41, 5.74) is 0. The van der Waals surface area contributed by atoms with E-state index < -0.39 is 12.1 Å². The fourth-order valence-corrected chi connectivity index (χ4v) is 6.61. The van der Waals surface area contributed by atoms with Crippen LogP contribution in [0.5, 0.6) is 0 Å². The van der Waals surface area contributed by atoms with E-state index in [1.807, 2.05) is 0 Å². The maximum atomic E-state index is 12.4. The van der Waals surface area contributed by atoms with Crippen LogP contribution in [0.3, 0.4) is 0 Å². The lowest BCUT2D eigenvalue weighted by atomic mass is 10.0. The summed E-state index contributed by atoms with van der Waals surface area (Å²) in [5, 5.41) is 23.0. The molecule has 0 saturated carbocycles. The summed E-state index contributed by atoms with van der Waals surface area (Å²) in [6.45, 7) is 4.80. The van der Waals surface area contributed by atoms with Gasteiger partial charge in [-0.15, -0.1) is 0 Å². The molecule has 0 bridgehead atoms. The van der Waals surface area contributed by atoms with E-state index in [0.29, 0.717) is 25.9 Å². The van der Waals surface area contributed by atoms with Crippen LogP contribution in [0.4, 0.5) is 0 Å². The Labute approximate surface area is 328 Å². The number of unbranched alkanes of at least 4 members (excludes halogenated alkanes) is 24. The van der Waals surface area contributed by atoms with Gasteiger partial charge in [0, 0.05) is 12.8 Å². The van der Waals surface area contributed by atoms with Crippen molar-refractivity contribution < 1.29 is 24.5 Å². The van der Waals surface area contributed by atoms with E-state index in [1.54, 1.807) is 0 Å². The van der Waals surface area contributed by atoms with Gasteiger partial charge in [-0.25, -0.2) is 0 Å². The zero-order chi connectivity index (χ0) is 38.7. The van der Waals surface area contributed by atoms with E-state index in [-0.39, 0.29) is 18.5 Å². The number of hydrogen-bond donors (Lipinski definition) is 3. The minimum atomic E-state index is -0.680. The number of ether oxygens (including phenoxy) is 1. The van der Waals surface area contributed by atoms with Gasteiger partial charge in [-0.2, -0.15) is 0 Å². The molecule has 0 aliphatic heterocycles. The van der Waals surface area contributed by atoms with Crippen molar-refractivity contribution in [3.63, 3.8) is 0 Å². The van der Waals surface area contributed by atoms with E-state index in [4.69, 9.17) is 4.74 Å².